The average Bonchev–Trinajstić information content (AvgIpc) is 2.46. The highest BCUT2D eigenvalue weighted by molar-refractivity contribution is 5.77. The van der Waals surface area contributed by atoms with Crippen molar-refractivity contribution < 1.29 is 19.1 Å². The first kappa shape index (κ1) is 17.0. The van der Waals surface area contributed by atoms with Crippen molar-refractivity contribution in [3.63, 3.8) is 0 Å². The van der Waals surface area contributed by atoms with Crippen molar-refractivity contribution >= 4 is 12.0 Å². The fourth-order valence-corrected chi connectivity index (χ4v) is 1.81. The molecule has 0 saturated carbocycles. The van der Waals surface area contributed by atoms with Gasteiger partial charge in [-0.05, 0) is 18.4 Å². The molecule has 0 radical (unpaired) electrons. The molecule has 2 amide bonds. The molecule has 0 aliphatic carbocycles. The monoisotopic (exact) mass is 294 g/mol. The molecule has 0 aliphatic rings. The molecule has 0 fully saturated rings. The van der Waals surface area contributed by atoms with E-state index in [0.717, 1.165) is 12.0 Å². The molecule has 1 aromatic carbocycles. The zero-order valence-corrected chi connectivity index (χ0v) is 12.2. The maximum Gasteiger partial charge on any atom is 0.404 e. The smallest absolute Gasteiger partial charge is 0.404 e. The van der Waals surface area contributed by atoms with Crippen molar-refractivity contribution in [2.75, 3.05) is 19.8 Å². The summed E-state index contributed by atoms with van der Waals surface area (Å²) < 4.78 is 9.96. The van der Waals surface area contributed by atoms with Gasteiger partial charge in [0.2, 0.25) is 5.91 Å². The van der Waals surface area contributed by atoms with Gasteiger partial charge in [0.1, 0.15) is 13.2 Å². The van der Waals surface area contributed by atoms with Crippen LogP contribution in [-0.2, 0) is 20.7 Å². The molecule has 0 heterocycles. The second-order valence-corrected chi connectivity index (χ2v) is 4.64. The van der Waals surface area contributed by atoms with Gasteiger partial charge in [0.25, 0.3) is 0 Å². The minimum atomic E-state index is -0.857. The zero-order chi connectivity index (χ0) is 15.5. The third kappa shape index (κ3) is 7.94. The number of benzene rings is 1. The van der Waals surface area contributed by atoms with Crippen LogP contribution in [0.4, 0.5) is 4.79 Å². The number of ether oxygens (including phenoxy) is 2. The predicted molar refractivity (Wildman–Crippen MR) is 78.7 cm³/mol. The van der Waals surface area contributed by atoms with Crippen LogP contribution in [0.15, 0.2) is 30.3 Å². The average molecular weight is 294 g/mol. The maximum absolute atomic E-state index is 11.8. The lowest BCUT2D eigenvalue weighted by atomic mass is 10.1. The quantitative estimate of drug-likeness (QED) is 0.670. The first-order valence-corrected chi connectivity index (χ1v) is 6.95. The molecule has 6 nitrogen and oxygen atoms in total. The topological polar surface area (TPSA) is 90.7 Å². The van der Waals surface area contributed by atoms with Crippen molar-refractivity contribution in [1.29, 1.82) is 0 Å². The largest absolute Gasteiger partial charge is 0.448 e. The normalized spacial score (nSPS) is 11.7. The van der Waals surface area contributed by atoms with Crippen LogP contribution in [0, 0.1) is 0 Å². The first-order valence-electron chi connectivity index (χ1n) is 6.95. The van der Waals surface area contributed by atoms with E-state index in [1.165, 1.54) is 0 Å². The van der Waals surface area contributed by atoms with Crippen LogP contribution < -0.4 is 11.1 Å². The summed E-state index contributed by atoms with van der Waals surface area (Å²) in [6, 6.07) is 9.28. The Labute approximate surface area is 124 Å². The Morgan fingerprint density at radius 1 is 1.29 bits per heavy atom. The lowest BCUT2D eigenvalue weighted by Gasteiger charge is -2.18. The predicted octanol–water partition coefficient (Wildman–Crippen LogP) is 1.24. The Bertz CT molecular complexity index is 437. The Hall–Kier alpha value is -2.08. The molecular weight excluding hydrogens is 272 g/mol. The fourth-order valence-electron chi connectivity index (χ4n) is 1.81. The minimum Gasteiger partial charge on any atom is -0.448 e. The number of primary amides is 1. The highest BCUT2D eigenvalue weighted by atomic mass is 16.5. The van der Waals surface area contributed by atoms with Gasteiger partial charge in [0, 0.05) is 6.61 Å². The lowest BCUT2D eigenvalue weighted by Crippen LogP contribution is -2.42. The summed E-state index contributed by atoms with van der Waals surface area (Å²) in [6.07, 6.45) is 0.545. The molecule has 0 bridgehead atoms. The lowest BCUT2D eigenvalue weighted by molar-refractivity contribution is -0.126. The molecule has 1 rings (SSSR count). The Morgan fingerprint density at radius 2 is 2.00 bits per heavy atom. The van der Waals surface area contributed by atoms with E-state index < -0.39 is 6.09 Å². The summed E-state index contributed by atoms with van der Waals surface area (Å²) in [5.41, 5.74) is 6.00. The van der Waals surface area contributed by atoms with Gasteiger partial charge in [0.05, 0.1) is 6.04 Å². The molecule has 0 aromatic heterocycles. The highest BCUT2D eigenvalue weighted by Crippen LogP contribution is 2.04. The van der Waals surface area contributed by atoms with E-state index in [1.807, 2.05) is 37.3 Å². The summed E-state index contributed by atoms with van der Waals surface area (Å²) in [5, 5.41) is 2.78. The van der Waals surface area contributed by atoms with Gasteiger partial charge in [-0.25, -0.2) is 4.79 Å². The van der Waals surface area contributed by atoms with E-state index in [4.69, 9.17) is 15.2 Å². The molecule has 0 spiro atoms. The van der Waals surface area contributed by atoms with E-state index in [-0.39, 0.29) is 25.2 Å². The molecule has 1 aromatic rings. The van der Waals surface area contributed by atoms with Crippen LogP contribution in [0.2, 0.25) is 0 Å². The van der Waals surface area contributed by atoms with Gasteiger partial charge in [-0.3, -0.25) is 4.79 Å². The SMILES string of the molecule is CCCOCC(=O)NC(COC(N)=O)Cc1ccccc1. The van der Waals surface area contributed by atoms with E-state index in [0.29, 0.717) is 13.0 Å². The minimum absolute atomic E-state index is 0.00426. The standard InChI is InChI=1S/C15H22N2O4/c1-2-8-20-11-14(18)17-13(10-21-15(16)19)9-12-6-4-3-5-7-12/h3-7,13H,2,8-11H2,1H3,(H2,16,19)(H,17,18). The van der Waals surface area contributed by atoms with Gasteiger partial charge in [-0.2, -0.15) is 0 Å². The number of carbonyl (C=O) groups is 2. The van der Waals surface area contributed by atoms with E-state index >= 15 is 0 Å². The molecule has 1 unspecified atom stereocenters. The van der Waals surface area contributed by atoms with Crippen molar-refractivity contribution in [2.24, 2.45) is 5.73 Å². The fraction of sp³-hybridized carbons (Fsp3) is 0.467. The van der Waals surface area contributed by atoms with Crippen LogP contribution in [0.5, 0.6) is 0 Å². The molecular formula is C15H22N2O4. The summed E-state index contributed by atoms with van der Waals surface area (Å²) in [7, 11) is 0. The molecule has 0 saturated heterocycles. The molecule has 21 heavy (non-hydrogen) atoms. The van der Waals surface area contributed by atoms with Gasteiger partial charge >= 0.3 is 6.09 Å². The Morgan fingerprint density at radius 3 is 2.62 bits per heavy atom. The highest BCUT2D eigenvalue weighted by Gasteiger charge is 2.15. The summed E-state index contributed by atoms with van der Waals surface area (Å²) in [5.74, 6) is -0.238. The molecule has 0 aliphatic heterocycles. The van der Waals surface area contributed by atoms with E-state index in [1.54, 1.807) is 0 Å². The van der Waals surface area contributed by atoms with Crippen molar-refractivity contribution in [1.82, 2.24) is 5.32 Å². The molecule has 1 atom stereocenters. The van der Waals surface area contributed by atoms with Crippen LogP contribution in [0.3, 0.4) is 0 Å². The van der Waals surface area contributed by atoms with Crippen LogP contribution in [-0.4, -0.2) is 37.9 Å². The van der Waals surface area contributed by atoms with Gasteiger partial charge in [-0.1, -0.05) is 37.3 Å². The second kappa shape index (κ2) is 9.77. The molecule has 6 heteroatoms. The number of hydrogen-bond donors (Lipinski definition) is 2. The van der Waals surface area contributed by atoms with Crippen LogP contribution in [0.25, 0.3) is 0 Å². The Kier molecular flexibility index (Phi) is 7.89. The second-order valence-electron chi connectivity index (χ2n) is 4.64. The Balaban J connectivity index is 2.51. The van der Waals surface area contributed by atoms with Crippen molar-refractivity contribution in [2.45, 2.75) is 25.8 Å². The number of amides is 2. The third-order valence-corrected chi connectivity index (χ3v) is 2.70. The van der Waals surface area contributed by atoms with E-state index in [9.17, 15) is 9.59 Å². The summed E-state index contributed by atoms with van der Waals surface area (Å²) in [4.78, 5) is 22.5. The third-order valence-electron chi connectivity index (χ3n) is 2.70. The van der Waals surface area contributed by atoms with Gasteiger partial charge in [0.15, 0.2) is 0 Å². The number of nitrogens with one attached hydrogen (secondary N) is 1. The summed E-state index contributed by atoms with van der Waals surface area (Å²) in [6.45, 7) is 2.53. The van der Waals surface area contributed by atoms with Gasteiger partial charge in [-0.15, -0.1) is 0 Å². The zero-order valence-electron chi connectivity index (χ0n) is 12.2. The van der Waals surface area contributed by atoms with Crippen LogP contribution >= 0.6 is 0 Å². The first-order chi connectivity index (χ1) is 10.1. The van der Waals surface area contributed by atoms with Gasteiger partial charge < -0.3 is 20.5 Å². The van der Waals surface area contributed by atoms with Crippen LogP contribution in [0.1, 0.15) is 18.9 Å². The van der Waals surface area contributed by atoms with E-state index in [2.05, 4.69) is 5.32 Å². The number of nitrogens with two attached hydrogens (primary N) is 1. The number of hydrogen-bond acceptors (Lipinski definition) is 4. The number of rotatable bonds is 9. The van der Waals surface area contributed by atoms with Crippen molar-refractivity contribution in [3.8, 4) is 0 Å². The summed E-state index contributed by atoms with van der Waals surface area (Å²) >= 11 is 0. The number of carbonyl (C=O) groups excluding carboxylic acids is 2. The van der Waals surface area contributed by atoms with Crippen molar-refractivity contribution in [3.05, 3.63) is 35.9 Å². The molecule has 116 valence electrons. The maximum atomic E-state index is 11.8. The molecule has 3 N–H and O–H groups in total.